The highest BCUT2D eigenvalue weighted by atomic mass is 35.5. The third kappa shape index (κ3) is 6.79. The second-order valence-corrected chi connectivity index (χ2v) is 15.8. The summed E-state index contributed by atoms with van der Waals surface area (Å²) in [6.07, 6.45) is 2.85. The second kappa shape index (κ2) is 14.9. The maximum Gasteiger partial charge on any atom is 0.131 e. The molecule has 0 radical (unpaired) electrons. The van der Waals surface area contributed by atoms with Gasteiger partial charge in [-0.2, -0.15) is 0 Å². The summed E-state index contributed by atoms with van der Waals surface area (Å²) in [5.41, 5.74) is 4.62. The van der Waals surface area contributed by atoms with Gasteiger partial charge in [0.25, 0.3) is 0 Å². The largest absolute Gasteiger partial charge is 0.497 e. The Bertz CT molecular complexity index is 2010. The summed E-state index contributed by atoms with van der Waals surface area (Å²) in [5.74, 6) is 2.58. The zero-order valence-corrected chi connectivity index (χ0v) is 31.0. The number of ether oxygens (including phenoxy) is 1. The highest BCUT2D eigenvalue weighted by Gasteiger charge is 2.32. The van der Waals surface area contributed by atoms with Crippen molar-refractivity contribution in [1.82, 2.24) is 0 Å². The summed E-state index contributed by atoms with van der Waals surface area (Å²) < 4.78 is 19.4. The Morgan fingerprint density at radius 2 is 1.06 bits per heavy atom. The molecular formula is C42H43ClO3P2. The van der Waals surface area contributed by atoms with Crippen LogP contribution in [-0.2, 0) is 10.3 Å². The first kappa shape index (κ1) is 34.3. The molecule has 0 aliphatic rings. The lowest BCUT2D eigenvalue weighted by molar-refractivity contribution is 0.414. The molecular weight excluding hydrogens is 650 g/mol. The minimum Gasteiger partial charge on any atom is -0.497 e. The van der Waals surface area contributed by atoms with Gasteiger partial charge in [-0.3, -0.25) is 0 Å². The Balaban J connectivity index is 1.47. The van der Waals surface area contributed by atoms with E-state index < -0.39 is 0 Å². The van der Waals surface area contributed by atoms with E-state index in [0.29, 0.717) is 0 Å². The maximum absolute atomic E-state index is 7.02. The first-order valence-electron chi connectivity index (χ1n) is 16.7. The molecule has 6 aromatic carbocycles. The highest BCUT2D eigenvalue weighted by Crippen LogP contribution is 2.54. The van der Waals surface area contributed by atoms with Crippen LogP contribution in [0.3, 0.4) is 0 Å². The molecule has 0 spiro atoms. The van der Waals surface area contributed by atoms with Crippen LogP contribution in [0.1, 0.15) is 58.1 Å². The fourth-order valence-corrected chi connectivity index (χ4v) is 8.54. The summed E-state index contributed by atoms with van der Waals surface area (Å²) in [5, 5.41) is 5.05. The third-order valence-corrected chi connectivity index (χ3v) is 13.2. The van der Waals surface area contributed by atoms with Gasteiger partial charge >= 0.3 is 0 Å². The molecule has 0 aromatic heterocycles. The van der Waals surface area contributed by atoms with Crippen LogP contribution in [0.2, 0.25) is 5.02 Å². The van der Waals surface area contributed by atoms with E-state index in [4.69, 9.17) is 25.4 Å². The van der Waals surface area contributed by atoms with Crippen LogP contribution in [0.5, 0.6) is 17.2 Å². The zero-order chi connectivity index (χ0) is 33.7. The van der Waals surface area contributed by atoms with Crippen molar-refractivity contribution in [3.63, 3.8) is 0 Å². The Morgan fingerprint density at radius 3 is 1.56 bits per heavy atom. The van der Waals surface area contributed by atoms with Crippen molar-refractivity contribution in [3.05, 3.63) is 137 Å². The van der Waals surface area contributed by atoms with Crippen molar-refractivity contribution >= 4 is 50.8 Å². The SMILES string of the molecule is CCC(C)(POc1ccc2ccccc2c1-c1c(OPC(CC)(CC)c2ccc(Cl)cc2)ccc2ccccc12)c1ccc(OC)cc1. The average Bonchev–Trinajstić information content (AvgIpc) is 3.14. The molecule has 48 heavy (non-hydrogen) atoms. The lowest BCUT2D eigenvalue weighted by atomic mass is 9.92. The number of rotatable bonds is 13. The molecule has 3 atom stereocenters. The molecule has 6 heteroatoms. The number of benzene rings is 6. The van der Waals surface area contributed by atoms with Gasteiger partial charge in [0.05, 0.1) is 24.7 Å². The first-order valence-corrected chi connectivity index (χ1v) is 18.9. The van der Waals surface area contributed by atoms with E-state index in [1.54, 1.807) is 7.11 Å². The number of hydrogen-bond acceptors (Lipinski definition) is 3. The monoisotopic (exact) mass is 692 g/mol. The molecule has 246 valence electrons. The maximum atomic E-state index is 7.02. The predicted molar refractivity (Wildman–Crippen MR) is 209 cm³/mol. The quantitative estimate of drug-likeness (QED) is 0.113. The Hall–Kier alpha value is -3.61. The Labute approximate surface area is 293 Å². The van der Waals surface area contributed by atoms with Crippen LogP contribution in [0, 0.1) is 0 Å². The third-order valence-electron chi connectivity index (χ3n) is 9.81. The van der Waals surface area contributed by atoms with Gasteiger partial charge in [-0.05, 0) is 95.3 Å². The first-order chi connectivity index (χ1) is 23.3. The molecule has 3 unspecified atom stereocenters. The van der Waals surface area contributed by atoms with Gasteiger partial charge in [0.15, 0.2) is 0 Å². The van der Waals surface area contributed by atoms with Gasteiger partial charge in [-0.15, -0.1) is 0 Å². The summed E-state index contributed by atoms with van der Waals surface area (Å²) in [6.45, 7) is 9.02. The van der Waals surface area contributed by atoms with E-state index >= 15 is 0 Å². The van der Waals surface area contributed by atoms with Crippen molar-refractivity contribution in [2.45, 2.75) is 57.3 Å². The number of halogens is 1. The van der Waals surface area contributed by atoms with Crippen LogP contribution < -0.4 is 13.8 Å². The zero-order valence-electron chi connectivity index (χ0n) is 28.3. The van der Waals surface area contributed by atoms with Gasteiger partial charge in [-0.1, -0.05) is 117 Å². The second-order valence-electron chi connectivity index (χ2n) is 12.4. The lowest BCUT2D eigenvalue weighted by Crippen LogP contribution is -2.19. The molecule has 6 aromatic rings. The lowest BCUT2D eigenvalue weighted by Gasteiger charge is -2.32. The minimum absolute atomic E-state index is 0.131. The predicted octanol–water partition coefficient (Wildman–Crippen LogP) is 13.3. The molecule has 0 amide bonds. The van der Waals surface area contributed by atoms with Crippen molar-refractivity contribution in [3.8, 4) is 28.4 Å². The molecule has 3 nitrogen and oxygen atoms in total. The molecule has 0 heterocycles. The van der Waals surface area contributed by atoms with Crippen molar-refractivity contribution in [2.75, 3.05) is 7.11 Å². The van der Waals surface area contributed by atoms with E-state index in [0.717, 1.165) is 74.2 Å². The normalized spacial score (nSPS) is 13.5. The van der Waals surface area contributed by atoms with E-state index in [9.17, 15) is 0 Å². The number of hydrogen-bond donors (Lipinski definition) is 0. The molecule has 0 saturated heterocycles. The van der Waals surface area contributed by atoms with Gasteiger partial charge < -0.3 is 13.8 Å². The van der Waals surface area contributed by atoms with Crippen molar-refractivity contribution < 1.29 is 13.8 Å². The average molecular weight is 693 g/mol. The van der Waals surface area contributed by atoms with E-state index in [-0.39, 0.29) is 27.9 Å². The van der Waals surface area contributed by atoms with E-state index in [1.807, 2.05) is 24.3 Å². The van der Waals surface area contributed by atoms with Crippen LogP contribution >= 0.6 is 29.2 Å². The van der Waals surface area contributed by atoms with Crippen LogP contribution in [0.15, 0.2) is 121 Å². The Morgan fingerprint density at radius 1 is 0.562 bits per heavy atom. The smallest absolute Gasteiger partial charge is 0.131 e. The fourth-order valence-electron chi connectivity index (χ4n) is 6.43. The molecule has 0 bridgehead atoms. The van der Waals surface area contributed by atoms with E-state index in [1.165, 1.54) is 11.1 Å². The van der Waals surface area contributed by atoms with Crippen LogP contribution in [0.25, 0.3) is 32.7 Å². The van der Waals surface area contributed by atoms with Gasteiger partial charge in [-0.25, -0.2) is 0 Å². The fraction of sp³-hybridized carbons (Fsp3) is 0.238. The van der Waals surface area contributed by atoms with Gasteiger partial charge in [0.2, 0.25) is 0 Å². The van der Waals surface area contributed by atoms with Crippen LogP contribution in [-0.4, -0.2) is 7.11 Å². The summed E-state index contributed by atoms with van der Waals surface area (Å²) in [6, 6.07) is 42.4. The topological polar surface area (TPSA) is 27.7 Å². The van der Waals surface area contributed by atoms with Gasteiger partial charge in [0, 0.05) is 26.5 Å². The molecule has 0 N–H and O–H groups in total. The molecule has 0 saturated carbocycles. The summed E-state index contributed by atoms with van der Waals surface area (Å²) >= 11 is 6.29. The molecule has 0 fully saturated rings. The molecule has 0 aliphatic heterocycles. The van der Waals surface area contributed by atoms with Crippen molar-refractivity contribution in [1.29, 1.82) is 0 Å². The summed E-state index contributed by atoms with van der Waals surface area (Å²) in [7, 11) is 2.11. The molecule has 6 rings (SSSR count). The number of methoxy groups -OCH3 is 1. The highest BCUT2D eigenvalue weighted by molar-refractivity contribution is 7.34. The summed E-state index contributed by atoms with van der Waals surface area (Å²) in [4.78, 5) is 0. The number of fused-ring (bicyclic) bond motifs is 2. The van der Waals surface area contributed by atoms with Crippen LogP contribution in [0.4, 0.5) is 0 Å². The van der Waals surface area contributed by atoms with E-state index in [2.05, 4.69) is 125 Å². The molecule has 0 aliphatic carbocycles. The van der Waals surface area contributed by atoms with Gasteiger partial charge in [0.1, 0.15) is 17.2 Å². The Kier molecular flexibility index (Phi) is 10.6. The minimum atomic E-state index is -0.172. The van der Waals surface area contributed by atoms with Crippen molar-refractivity contribution in [2.24, 2.45) is 0 Å². The standard InChI is InChI=1S/C42H43ClO3P2/c1-6-41(4,31-21-25-34(44-5)26-22-31)47-45-37-27-17-29-13-9-11-15-35(29)39(37)40-36-16-12-10-14-30(36)18-28-38(40)46-48-42(7-2,8-3)32-19-23-33(43)24-20-32/h9-28,47-48H,6-8H2,1-5H3.